The van der Waals surface area contributed by atoms with Crippen LogP contribution in [0.1, 0.15) is 11.3 Å². The zero-order valence-corrected chi connectivity index (χ0v) is 9.21. The molecule has 1 aromatic rings. The van der Waals surface area contributed by atoms with Crippen LogP contribution in [-0.2, 0) is 0 Å². The van der Waals surface area contributed by atoms with Crippen molar-refractivity contribution in [3.8, 4) is 0 Å². The number of halogens is 1. The summed E-state index contributed by atoms with van der Waals surface area (Å²) < 4.78 is 0.726. The van der Waals surface area contributed by atoms with Crippen LogP contribution < -0.4 is 5.56 Å². The van der Waals surface area contributed by atoms with Gasteiger partial charge in [-0.3, -0.25) is 14.9 Å². The van der Waals surface area contributed by atoms with Gasteiger partial charge in [0.2, 0.25) is 0 Å². The average Bonchev–Trinajstić information content (AvgIpc) is 1.99. The Kier molecular flexibility index (Phi) is 2.69. The van der Waals surface area contributed by atoms with Crippen molar-refractivity contribution in [2.24, 2.45) is 0 Å². The molecule has 0 atom stereocenters. The van der Waals surface area contributed by atoms with Gasteiger partial charge in [-0.1, -0.05) is 0 Å². The molecule has 1 aromatic heterocycles. The molecule has 0 aliphatic carbocycles. The van der Waals surface area contributed by atoms with E-state index >= 15 is 0 Å². The Morgan fingerprint density at radius 1 is 1.46 bits per heavy atom. The molecule has 0 aliphatic rings. The van der Waals surface area contributed by atoms with E-state index in [2.05, 4.69) is 4.98 Å². The van der Waals surface area contributed by atoms with E-state index in [1.165, 1.54) is 0 Å². The molecule has 1 heterocycles. The number of pyridine rings is 1. The fraction of sp³-hybridized carbons (Fsp3) is 0.286. The lowest BCUT2D eigenvalue weighted by atomic mass is 10.2. The van der Waals surface area contributed by atoms with Crippen LogP contribution in [-0.4, -0.2) is 9.91 Å². The highest BCUT2D eigenvalue weighted by atomic mass is 127. The summed E-state index contributed by atoms with van der Waals surface area (Å²) in [5.74, 6) is 0. The lowest BCUT2D eigenvalue weighted by Gasteiger charge is -2.01. The summed E-state index contributed by atoms with van der Waals surface area (Å²) in [6.07, 6.45) is 0. The van der Waals surface area contributed by atoms with Gasteiger partial charge in [0.15, 0.2) is 0 Å². The number of aryl methyl sites for hydroxylation is 1. The summed E-state index contributed by atoms with van der Waals surface area (Å²) in [5.41, 5.74) is 0.0796. The minimum atomic E-state index is -0.657. The molecule has 5 nitrogen and oxygen atoms in total. The van der Waals surface area contributed by atoms with Gasteiger partial charge in [-0.25, -0.2) is 0 Å². The summed E-state index contributed by atoms with van der Waals surface area (Å²) in [4.78, 5) is 23.4. The maximum absolute atomic E-state index is 11.2. The number of H-pyrrole nitrogens is 1. The van der Waals surface area contributed by atoms with Gasteiger partial charge in [0, 0.05) is 14.8 Å². The minimum Gasteiger partial charge on any atom is -0.320 e. The Hall–Kier alpha value is -0.920. The van der Waals surface area contributed by atoms with Crippen molar-refractivity contribution in [2.45, 2.75) is 13.8 Å². The first-order valence-electron chi connectivity index (χ1n) is 3.48. The first-order valence-corrected chi connectivity index (χ1v) is 4.56. The first kappa shape index (κ1) is 10.2. The Labute approximate surface area is 87.5 Å². The van der Waals surface area contributed by atoms with Gasteiger partial charge >= 0.3 is 11.2 Å². The van der Waals surface area contributed by atoms with Crippen LogP contribution in [0.15, 0.2) is 4.79 Å². The third kappa shape index (κ3) is 1.71. The van der Waals surface area contributed by atoms with Crippen LogP contribution in [0.4, 0.5) is 5.69 Å². The van der Waals surface area contributed by atoms with E-state index in [9.17, 15) is 14.9 Å². The van der Waals surface area contributed by atoms with E-state index in [1.54, 1.807) is 13.8 Å². The van der Waals surface area contributed by atoms with Gasteiger partial charge in [0.05, 0.1) is 4.92 Å². The van der Waals surface area contributed by atoms with Crippen molar-refractivity contribution in [2.75, 3.05) is 0 Å². The molecule has 0 aliphatic heterocycles. The highest BCUT2D eigenvalue weighted by Gasteiger charge is 2.19. The minimum absolute atomic E-state index is 0.366. The summed E-state index contributed by atoms with van der Waals surface area (Å²) in [6, 6.07) is 0. The van der Waals surface area contributed by atoms with Crippen LogP contribution in [0.25, 0.3) is 0 Å². The third-order valence-electron chi connectivity index (χ3n) is 1.71. The predicted molar refractivity (Wildman–Crippen MR) is 55.9 cm³/mol. The van der Waals surface area contributed by atoms with Crippen molar-refractivity contribution in [3.05, 3.63) is 35.3 Å². The number of aromatic nitrogens is 1. The maximum atomic E-state index is 11.2. The molecule has 1 rings (SSSR count). The van der Waals surface area contributed by atoms with E-state index in [-0.39, 0.29) is 5.69 Å². The Balaban J connectivity index is 3.63. The Morgan fingerprint density at radius 3 is 2.46 bits per heavy atom. The van der Waals surface area contributed by atoms with Crippen molar-refractivity contribution in [3.63, 3.8) is 0 Å². The van der Waals surface area contributed by atoms with Gasteiger partial charge in [-0.15, -0.1) is 0 Å². The number of nitrogens with one attached hydrogen (secondary N) is 1. The molecule has 70 valence electrons. The zero-order chi connectivity index (χ0) is 10.2. The molecule has 0 saturated carbocycles. The molecule has 0 radical (unpaired) electrons. The van der Waals surface area contributed by atoms with Crippen LogP contribution in [0.5, 0.6) is 0 Å². The Morgan fingerprint density at radius 2 is 2.00 bits per heavy atom. The summed E-state index contributed by atoms with van der Waals surface area (Å²) in [5, 5.41) is 10.5. The number of nitro groups is 1. The van der Waals surface area contributed by atoms with Crippen LogP contribution in [0.2, 0.25) is 0 Å². The van der Waals surface area contributed by atoms with E-state index in [1.807, 2.05) is 22.6 Å². The van der Waals surface area contributed by atoms with Crippen LogP contribution in [0, 0.1) is 27.5 Å². The topological polar surface area (TPSA) is 76.0 Å². The number of aromatic amines is 1. The molecule has 0 unspecified atom stereocenters. The fourth-order valence-corrected chi connectivity index (χ4v) is 1.45. The SMILES string of the molecule is Cc1[nH]c(=O)c([N+](=O)[O-])c(C)c1I. The molecule has 0 fully saturated rings. The monoisotopic (exact) mass is 294 g/mol. The molecule has 0 aromatic carbocycles. The molecule has 0 spiro atoms. The molecular formula is C7H7IN2O3. The second-order valence-corrected chi connectivity index (χ2v) is 3.70. The molecule has 0 saturated heterocycles. The van der Waals surface area contributed by atoms with Gasteiger partial charge in [0.1, 0.15) is 0 Å². The van der Waals surface area contributed by atoms with Gasteiger partial charge in [-0.05, 0) is 36.4 Å². The molecular weight excluding hydrogens is 287 g/mol. The quantitative estimate of drug-likeness (QED) is 0.484. The maximum Gasteiger partial charge on any atom is 0.337 e. The first-order chi connectivity index (χ1) is 5.95. The number of hydrogen-bond donors (Lipinski definition) is 1. The van der Waals surface area contributed by atoms with Gasteiger partial charge < -0.3 is 4.98 Å². The molecule has 1 N–H and O–H groups in total. The highest BCUT2D eigenvalue weighted by molar-refractivity contribution is 14.1. The number of nitrogens with zero attached hydrogens (tertiary/aromatic N) is 1. The smallest absolute Gasteiger partial charge is 0.320 e. The van der Waals surface area contributed by atoms with Crippen LogP contribution >= 0.6 is 22.6 Å². The second-order valence-electron chi connectivity index (χ2n) is 2.62. The van der Waals surface area contributed by atoms with Crippen molar-refractivity contribution >= 4 is 28.3 Å². The molecule has 0 bridgehead atoms. The summed E-state index contributed by atoms with van der Waals surface area (Å²) >= 11 is 1.97. The van der Waals surface area contributed by atoms with Crippen molar-refractivity contribution < 1.29 is 4.92 Å². The highest BCUT2D eigenvalue weighted by Crippen LogP contribution is 2.19. The van der Waals surface area contributed by atoms with Crippen molar-refractivity contribution in [1.82, 2.24) is 4.98 Å². The van der Waals surface area contributed by atoms with E-state index in [0.29, 0.717) is 11.3 Å². The van der Waals surface area contributed by atoms with Crippen molar-refractivity contribution in [1.29, 1.82) is 0 Å². The largest absolute Gasteiger partial charge is 0.337 e. The molecule has 6 heteroatoms. The second kappa shape index (κ2) is 3.44. The molecule has 0 amide bonds. The zero-order valence-electron chi connectivity index (χ0n) is 7.05. The summed E-state index contributed by atoms with van der Waals surface area (Å²) in [6.45, 7) is 3.28. The molecule has 13 heavy (non-hydrogen) atoms. The number of rotatable bonds is 1. The third-order valence-corrected chi connectivity index (χ3v) is 3.33. The van der Waals surface area contributed by atoms with E-state index in [0.717, 1.165) is 3.57 Å². The predicted octanol–water partition coefficient (Wildman–Crippen LogP) is 1.50. The van der Waals surface area contributed by atoms with Gasteiger partial charge in [-0.2, -0.15) is 0 Å². The Bertz CT molecular complexity index is 424. The van der Waals surface area contributed by atoms with E-state index in [4.69, 9.17) is 0 Å². The average molecular weight is 294 g/mol. The van der Waals surface area contributed by atoms with Crippen LogP contribution in [0.3, 0.4) is 0 Å². The van der Waals surface area contributed by atoms with Gasteiger partial charge in [0.25, 0.3) is 0 Å². The standard InChI is InChI=1S/C7H7IN2O3/c1-3-5(8)4(2)9-7(11)6(3)10(12)13/h1-2H3,(H,9,11). The number of hydrogen-bond acceptors (Lipinski definition) is 3. The fourth-order valence-electron chi connectivity index (χ4n) is 1.06. The van der Waals surface area contributed by atoms with E-state index < -0.39 is 10.5 Å². The normalized spacial score (nSPS) is 10.1. The lowest BCUT2D eigenvalue weighted by Crippen LogP contribution is -2.16. The lowest BCUT2D eigenvalue weighted by molar-refractivity contribution is -0.387. The summed E-state index contributed by atoms with van der Waals surface area (Å²) in [7, 11) is 0.